The average Bonchev–Trinajstić information content (AvgIpc) is 3.00. The van der Waals surface area contributed by atoms with Gasteiger partial charge in [0.25, 0.3) is 0 Å². The fourth-order valence-electron chi connectivity index (χ4n) is 1.51. The largest absolute Gasteiger partial charge is 0.450 e. The molecule has 10 nitrogen and oxygen atoms in total. The van der Waals surface area contributed by atoms with E-state index in [2.05, 4.69) is 25.9 Å². The van der Waals surface area contributed by atoms with E-state index in [1.54, 1.807) is 26.2 Å². The number of nitrogens with one attached hydrogen (secondary N) is 2. The second kappa shape index (κ2) is 6.50. The van der Waals surface area contributed by atoms with Crippen molar-refractivity contribution in [2.75, 3.05) is 17.2 Å². The Morgan fingerprint density at radius 1 is 1.33 bits per heavy atom. The highest BCUT2D eigenvalue weighted by atomic mass is 16.5. The van der Waals surface area contributed by atoms with E-state index in [1.165, 1.54) is 10.9 Å². The monoisotopic (exact) mass is 293 g/mol. The molecule has 0 atom stereocenters. The van der Waals surface area contributed by atoms with Crippen molar-refractivity contribution in [2.45, 2.75) is 13.5 Å². The molecule has 0 fully saturated rings. The molecule has 0 radical (unpaired) electrons. The first-order chi connectivity index (χ1) is 10.1. The Kier molecular flexibility index (Phi) is 4.49. The summed E-state index contributed by atoms with van der Waals surface area (Å²) in [6.45, 7) is 1.86. The molecule has 0 aliphatic heterocycles. The van der Waals surface area contributed by atoms with Crippen molar-refractivity contribution in [3.8, 4) is 0 Å². The lowest BCUT2D eigenvalue weighted by molar-refractivity contribution is -0.117. The third kappa shape index (κ3) is 4.03. The zero-order valence-corrected chi connectivity index (χ0v) is 11.6. The minimum Gasteiger partial charge on any atom is -0.450 e. The SMILES string of the molecule is CCOC(=O)Nc1cnn(CC(=O)Nc2ccnn2C)n1. The van der Waals surface area contributed by atoms with Gasteiger partial charge in [-0.3, -0.25) is 14.8 Å². The Morgan fingerprint density at radius 2 is 2.14 bits per heavy atom. The van der Waals surface area contributed by atoms with Crippen LogP contribution in [0.2, 0.25) is 0 Å². The maximum Gasteiger partial charge on any atom is 0.412 e. The van der Waals surface area contributed by atoms with Gasteiger partial charge in [-0.05, 0) is 6.92 Å². The quantitative estimate of drug-likeness (QED) is 0.814. The molecule has 0 aliphatic carbocycles. The zero-order chi connectivity index (χ0) is 15.2. The molecule has 0 aliphatic rings. The molecular formula is C11H15N7O3. The van der Waals surface area contributed by atoms with E-state index >= 15 is 0 Å². The Bertz CT molecular complexity index is 633. The third-order valence-corrected chi connectivity index (χ3v) is 2.42. The average molecular weight is 293 g/mol. The lowest BCUT2D eigenvalue weighted by Crippen LogP contribution is -2.22. The van der Waals surface area contributed by atoms with Crippen LogP contribution in [0.3, 0.4) is 0 Å². The molecule has 2 amide bonds. The molecule has 0 spiro atoms. The van der Waals surface area contributed by atoms with Gasteiger partial charge in [0.15, 0.2) is 5.82 Å². The highest BCUT2D eigenvalue weighted by Crippen LogP contribution is 2.04. The molecule has 2 heterocycles. The standard InChI is InChI=1S/C11H15N7O3/c1-3-21-11(20)14-8-6-13-18(16-8)7-10(19)15-9-4-5-12-17(9)2/h4-6H,3,7H2,1-2H3,(H,15,19)(H,14,16,20). The van der Waals surface area contributed by atoms with Gasteiger partial charge in [-0.2, -0.15) is 15.0 Å². The molecule has 2 aromatic rings. The van der Waals surface area contributed by atoms with Gasteiger partial charge in [0.2, 0.25) is 5.91 Å². The number of aryl methyl sites for hydroxylation is 1. The van der Waals surface area contributed by atoms with Crippen LogP contribution >= 0.6 is 0 Å². The minimum absolute atomic E-state index is 0.0876. The van der Waals surface area contributed by atoms with E-state index < -0.39 is 6.09 Å². The van der Waals surface area contributed by atoms with E-state index in [-0.39, 0.29) is 24.9 Å². The highest BCUT2D eigenvalue weighted by molar-refractivity contribution is 5.89. The molecule has 21 heavy (non-hydrogen) atoms. The summed E-state index contributed by atoms with van der Waals surface area (Å²) < 4.78 is 6.23. The van der Waals surface area contributed by atoms with Gasteiger partial charge in [0, 0.05) is 13.1 Å². The predicted molar refractivity (Wildman–Crippen MR) is 72.5 cm³/mol. The fraction of sp³-hybridized carbons (Fsp3) is 0.364. The van der Waals surface area contributed by atoms with Gasteiger partial charge in [0.1, 0.15) is 12.4 Å². The van der Waals surface area contributed by atoms with E-state index in [9.17, 15) is 9.59 Å². The van der Waals surface area contributed by atoms with Crippen LogP contribution in [-0.2, 0) is 23.1 Å². The molecule has 0 saturated heterocycles. The maximum atomic E-state index is 11.8. The summed E-state index contributed by atoms with van der Waals surface area (Å²) in [7, 11) is 1.71. The van der Waals surface area contributed by atoms with Gasteiger partial charge in [0.05, 0.1) is 19.0 Å². The van der Waals surface area contributed by atoms with Crippen LogP contribution in [0.1, 0.15) is 6.92 Å². The fourth-order valence-corrected chi connectivity index (χ4v) is 1.51. The number of amides is 2. The van der Waals surface area contributed by atoms with Gasteiger partial charge >= 0.3 is 6.09 Å². The van der Waals surface area contributed by atoms with Crippen molar-refractivity contribution in [1.29, 1.82) is 0 Å². The number of carbonyl (C=O) groups is 2. The molecule has 112 valence electrons. The lowest BCUT2D eigenvalue weighted by Gasteiger charge is -2.04. The van der Waals surface area contributed by atoms with E-state index in [0.717, 1.165) is 4.80 Å². The van der Waals surface area contributed by atoms with Crippen molar-refractivity contribution in [2.24, 2.45) is 7.05 Å². The van der Waals surface area contributed by atoms with Gasteiger partial charge < -0.3 is 10.1 Å². The van der Waals surface area contributed by atoms with E-state index in [4.69, 9.17) is 4.74 Å². The smallest absolute Gasteiger partial charge is 0.412 e. The molecule has 0 unspecified atom stereocenters. The number of aromatic nitrogens is 5. The Morgan fingerprint density at radius 3 is 2.81 bits per heavy atom. The first-order valence-corrected chi connectivity index (χ1v) is 6.20. The number of ether oxygens (including phenoxy) is 1. The van der Waals surface area contributed by atoms with Crippen LogP contribution in [0.5, 0.6) is 0 Å². The van der Waals surface area contributed by atoms with Crippen LogP contribution in [0.4, 0.5) is 16.4 Å². The first-order valence-electron chi connectivity index (χ1n) is 6.20. The molecule has 2 N–H and O–H groups in total. The van der Waals surface area contributed by atoms with Gasteiger partial charge in [-0.15, -0.1) is 5.10 Å². The number of hydrogen-bond donors (Lipinski definition) is 2. The van der Waals surface area contributed by atoms with Crippen LogP contribution < -0.4 is 10.6 Å². The second-order valence-electron chi connectivity index (χ2n) is 3.99. The summed E-state index contributed by atoms with van der Waals surface area (Å²) >= 11 is 0. The summed E-state index contributed by atoms with van der Waals surface area (Å²) in [6, 6.07) is 1.67. The molecule has 2 rings (SSSR count). The maximum absolute atomic E-state index is 11.8. The summed E-state index contributed by atoms with van der Waals surface area (Å²) in [4.78, 5) is 24.2. The van der Waals surface area contributed by atoms with Crippen LogP contribution in [0.25, 0.3) is 0 Å². The topological polar surface area (TPSA) is 116 Å². The number of nitrogens with zero attached hydrogens (tertiary/aromatic N) is 5. The second-order valence-corrected chi connectivity index (χ2v) is 3.99. The van der Waals surface area contributed by atoms with Crippen molar-refractivity contribution in [1.82, 2.24) is 24.8 Å². The van der Waals surface area contributed by atoms with Crippen molar-refractivity contribution < 1.29 is 14.3 Å². The van der Waals surface area contributed by atoms with Crippen molar-refractivity contribution in [3.05, 3.63) is 18.5 Å². The molecular weight excluding hydrogens is 278 g/mol. The zero-order valence-electron chi connectivity index (χ0n) is 11.6. The Hall–Kier alpha value is -2.91. The van der Waals surface area contributed by atoms with E-state index in [1.807, 2.05) is 0 Å². The van der Waals surface area contributed by atoms with Crippen LogP contribution in [0.15, 0.2) is 18.5 Å². The summed E-state index contributed by atoms with van der Waals surface area (Å²) in [5.41, 5.74) is 0. The lowest BCUT2D eigenvalue weighted by atomic mass is 10.5. The Labute approximate surface area is 120 Å². The van der Waals surface area contributed by atoms with Gasteiger partial charge in [-0.1, -0.05) is 0 Å². The van der Waals surface area contributed by atoms with Crippen molar-refractivity contribution >= 4 is 23.6 Å². The minimum atomic E-state index is -0.621. The summed E-state index contributed by atoms with van der Waals surface area (Å²) in [6.07, 6.45) is 2.28. The van der Waals surface area contributed by atoms with Crippen LogP contribution in [-0.4, -0.2) is 43.4 Å². The summed E-state index contributed by atoms with van der Waals surface area (Å²) in [5.74, 6) is 0.468. The van der Waals surface area contributed by atoms with Crippen molar-refractivity contribution in [3.63, 3.8) is 0 Å². The number of anilines is 2. The first kappa shape index (κ1) is 14.5. The normalized spacial score (nSPS) is 10.2. The molecule has 0 aromatic carbocycles. The Balaban J connectivity index is 1.88. The van der Waals surface area contributed by atoms with Crippen LogP contribution in [0, 0.1) is 0 Å². The van der Waals surface area contributed by atoms with Gasteiger partial charge in [-0.25, -0.2) is 4.79 Å². The molecule has 0 bridgehead atoms. The molecule has 0 saturated carbocycles. The highest BCUT2D eigenvalue weighted by Gasteiger charge is 2.10. The number of rotatable bonds is 5. The van der Waals surface area contributed by atoms with E-state index in [0.29, 0.717) is 5.82 Å². The molecule has 2 aromatic heterocycles. The third-order valence-electron chi connectivity index (χ3n) is 2.42. The number of hydrogen-bond acceptors (Lipinski definition) is 6. The molecule has 10 heteroatoms. The predicted octanol–water partition coefficient (Wildman–Crippen LogP) is 0.219. The number of carbonyl (C=O) groups excluding carboxylic acids is 2. The summed E-state index contributed by atoms with van der Waals surface area (Å²) in [5, 5.41) is 16.8.